The van der Waals surface area contributed by atoms with E-state index in [9.17, 15) is 4.79 Å². The quantitative estimate of drug-likeness (QED) is 0.529. The Morgan fingerprint density at radius 3 is 2.85 bits per heavy atom. The predicted molar refractivity (Wildman–Crippen MR) is 48.0 cm³/mol. The number of ether oxygens (including phenoxy) is 1. The molecule has 1 aromatic rings. The van der Waals surface area contributed by atoms with Crippen LogP contribution in [0.15, 0.2) is 35.0 Å². The Balaban J connectivity index is 2.56. The molecule has 0 aliphatic carbocycles. The van der Waals surface area contributed by atoms with E-state index in [1.807, 2.05) is 0 Å². The van der Waals surface area contributed by atoms with Gasteiger partial charge in [-0.1, -0.05) is 6.58 Å². The summed E-state index contributed by atoms with van der Waals surface area (Å²) in [5.74, 6) is 0.235. The van der Waals surface area contributed by atoms with Gasteiger partial charge in [0.25, 0.3) is 0 Å². The lowest BCUT2D eigenvalue weighted by Crippen LogP contribution is -2.08. The first-order valence-corrected chi connectivity index (χ1v) is 4.01. The number of carbonyl (C=O) groups is 1. The zero-order valence-corrected chi connectivity index (χ0v) is 7.74. The van der Waals surface area contributed by atoms with Crippen molar-refractivity contribution in [3.63, 3.8) is 0 Å². The topological polar surface area (TPSA) is 39.4 Å². The third kappa shape index (κ3) is 2.47. The normalized spacial score (nSPS) is 12.2. The van der Waals surface area contributed by atoms with Crippen LogP contribution >= 0.6 is 0 Å². The Morgan fingerprint density at radius 2 is 2.38 bits per heavy atom. The average molecular weight is 180 g/mol. The van der Waals surface area contributed by atoms with Crippen LogP contribution in [0.3, 0.4) is 0 Å². The van der Waals surface area contributed by atoms with Crippen LogP contribution in [0.5, 0.6) is 0 Å². The van der Waals surface area contributed by atoms with Crippen LogP contribution in [0.2, 0.25) is 0 Å². The summed E-state index contributed by atoms with van der Waals surface area (Å²) in [6.07, 6.45) is 1.18. The standard InChI is InChI=1S/C10H12O3/c1-7(2)10(11)13-8(3)9-5-4-6-12-9/h4-6,8H,1H2,2-3H3. The van der Waals surface area contributed by atoms with Crippen molar-refractivity contribution < 1.29 is 13.9 Å². The van der Waals surface area contributed by atoms with Crippen molar-refractivity contribution in [2.75, 3.05) is 0 Å². The van der Waals surface area contributed by atoms with Gasteiger partial charge in [-0.2, -0.15) is 0 Å². The van der Waals surface area contributed by atoms with E-state index in [-0.39, 0.29) is 6.10 Å². The molecule has 1 aromatic heterocycles. The van der Waals surface area contributed by atoms with Gasteiger partial charge in [-0.05, 0) is 26.0 Å². The summed E-state index contributed by atoms with van der Waals surface area (Å²) in [4.78, 5) is 11.1. The van der Waals surface area contributed by atoms with E-state index < -0.39 is 5.97 Å². The largest absolute Gasteiger partial charge is 0.465 e. The minimum Gasteiger partial charge on any atom is -0.465 e. The summed E-state index contributed by atoms with van der Waals surface area (Å²) in [6.45, 7) is 6.84. The minimum absolute atomic E-state index is 0.362. The van der Waals surface area contributed by atoms with Crippen molar-refractivity contribution in [1.82, 2.24) is 0 Å². The number of furan rings is 1. The number of hydrogen-bond donors (Lipinski definition) is 0. The Morgan fingerprint density at radius 1 is 1.69 bits per heavy atom. The maximum atomic E-state index is 11.1. The van der Waals surface area contributed by atoms with E-state index >= 15 is 0 Å². The Kier molecular flexibility index (Phi) is 2.90. The molecular formula is C10H12O3. The van der Waals surface area contributed by atoms with Crippen molar-refractivity contribution in [3.8, 4) is 0 Å². The molecule has 3 nitrogen and oxygen atoms in total. The summed E-state index contributed by atoms with van der Waals surface area (Å²) in [7, 11) is 0. The fourth-order valence-electron chi connectivity index (χ4n) is 0.842. The summed E-state index contributed by atoms with van der Waals surface area (Å²) >= 11 is 0. The molecule has 0 saturated heterocycles. The predicted octanol–water partition coefficient (Wildman–Crippen LogP) is 2.46. The number of esters is 1. The first kappa shape index (κ1) is 9.58. The van der Waals surface area contributed by atoms with Crippen LogP contribution in [-0.2, 0) is 9.53 Å². The molecule has 0 amide bonds. The van der Waals surface area contributed by atoms with E-state index in [0.29, 0.717) is 11.3 Å². The lowest BCUT2D eigenvalue weighted by Gasteiger charge is -2.09. The summed E-state index contributed by atoms with van der Waals surface area (Å²) in [5, 5.41) is 0. The van der Waals surface area contributed by atoms with Crippen LogP contribution < -0.4 is 0 Å². The van der Waals surface area contributed by atoms with Gasteiger partial charge in [0.05, 0.1) is 6.26 Å². The van der Waals surface area contributed by atoms with Crippen LogP contribution in [0, 0.1) is 0 Å². The SMILES string of the molecule is C=C(C)C(=O)OC(C)c1ccco1. The van der Waals surface area contributed by atoms with E-state index in [2.05, 4.69) is 6.58 Å². The minimum atomic E-state index is -0.399. The van der Waals surface area contributed by atoms with Gasteiger partial charge < -0.3 is 9.15 Å². The van der Waals surface area contributed by atoms with Crippen LogP contribution in [-0.4, -0.2) is 5.97 Å². The monoisotopic (exact) mass is 180 g/mol. The van der Waals surface area contributed by atoms with Crippen LogP contribution in [0.25, 0.3) is 0 Å². The average Bonchev–Trinajstić information content (AvgIpc) is 2.55. The van der Waals surface area contributed by atoms with Crippen molar-refractivity contribution in [2.24, 2.45) is 0 Å². The number of rotatable bonds is 3. The van der Waals surface area contributed by atoms with E-state index in [0.717, 1.165) is 0 Å². The Labute approximate surface area is 77.0 Å². The molecule has 0 aliphatic rings. The molecule has 0 N–H and O–H groups in total. The molecule has 3 heteroatoms. The fraction of sp³-hybridized carbons (Fsp3) is 0.300. The maximum Gasteiger partial charge on any atom is 0.333 e. The summed E-state index contributed by atoms with van der Waals surface area (Å²) < 4.78 is 10.1. The molecule has 0 aliphatic heterocycles. The molecule has 0 radical (unpaired) electrons. The van der Waals surface area contributed by atoms with Gasteiger partial charge in [0.1, 0.15) is 5.76 Å². The molecule has 70 valence electrons. The molecule has 0 aromatic carbocycles. The number of carbonyl (C=O) groups excluding carboxylic acids is 1. The van der Waals surface area contributed by atoms with Crippen LogP contribution in [0.1, 0.15) is 25.7 Å². The zero-order chi connectivity index (χ0) is 9.84. The second kappa shape index (κ2) is 3.94. The van der Waals surface area contributed by atoms with Crippen molar-refractivity contribution >= 4 is 5.97 Å². The maximum absolute atomic E-state index is 11.1. The lowest BCUT2D eigenvalue weighted by molar-refractivity contribution is -0.144. The number of hydrogen-bond acceptors (Lipinski definition) is 3. The van der Waals surface area contributed by atoms with Gasteiger partial charge >= 0.3 is 5.97 Å². The lowest BCUT2D eigenvalue weighted by atomic mass is 10.3. The first-order valence-electron chi connectivity index (χ1n) is 4.01. The van der Waals surface area contributed by atoms with E-state index in [1.54, 1.807) is 32.2 Å². The highest BCUT2D eigenvalue weighted by atomic mass is 16.6. The van der Waals surface area contributed by atoms with Gasteiger partial charge in [0, 0.05) is 5.57 Å². The molecule has 1 atom stereocenters. The third-order valence-electron chi connectivity index (χ3n) is 1.58. The Bertz CT molecular complexity index is 298. The molecule has 1 heterocycles. The zero-order valence-electron chi connectivity index (χ0n) is 7.74. The van der Waals surface area contributed by atoms with Crippen molar-refractivity contribution in [3.05, 3.63) is 36.3 Å². The molecule has 1 unspecified atom stereocenters. The van der Waals surface area contributed by atoms with Crippen molar-refractivity contribution in [2.45, 2.75) is 20.0 Å². The molecule has 1 rings (SSSR count). The third-order valence-corrected chi connectivity index (χ3v) is 1.58. The molecule has 0 spiro atoms. The van der Waals surface area contributed by atoms with Gasteiger partial charge in [0.2, 0.25) is 0 Å². The van der Waals surface area contributed by atoms with Gasteiger partial charge in [-0.15, -0.1) is 0 Å². The molecule has 13 heavy (non-hydrogen) atoms. The highest BCUT2D eigenvalue weighted by Crippen LogP contribution is 2.17. The van der Waals surface area contributed by atoms with Gasteiger partial charge in [0.15, 0.2) is 6.10 Å². The Hall–Kier alpha value is -1.51. The molecular weight excluding hydrogens is 168 g/mol. The molecule has 0 fully saturated rings. The summed E-state index contributed by atoms with van der Waals surface area (Å²) in [6, 6.07) is 3.51. The fourth-order valence-corrected chi connectivity index (χ4v) is 0.842. The first-order chi connectivity index (χ1) is 6.11. The highest BCUT2D eigenvalue weighted by molar-refractivity contribution is 5.87. The van der Waals surface area contributed by atoms with Crippen molar-refractivity contribution in [1.29, 1.82) is 0 Å². The van der Waals surface area contributed by atoms with Gasteiger partial charge in [-0.25, -0.2) is 4.79 Å². The van der Waals surface area contributed by atoms with Gasteiger partial charge in [-0.3, -0.25) is 0 Å². The van der Waals surface area contributed by atoms with E-state index in [1.165, 1.54) is 0 Å². The molecule has 0 saturated carbocycles. The highest BCUT2D eigenvalue weighted by Gasteiger charge is 2.13. The van der Waals surface area contributed by atoms with Crippen LogP contribution in [0.4, 0.5) is 0 Å². The van der Waals surface area contributed by atoms with E-state index in [4.69, 9.17) is 9.15 Å². The smallest absolute Gasteiger partial charge is 0.333 e. The second-order valence-electron chi connectivity index (χ2n) is 2.84. The molecule has 0 bridgehead atoms. The summed E-state index contributed by atoms with van der Waals surface area (Å²) in [5.41, 5.74) is 0.387. The second-order valence-corrected chi connectivity index (χ2v) is 2.84.